The number of aromatic nitrogens is 1. The lowest BCUT2D eigenvalue weighted by atomic mass is 10.1. The van der Waals surface area contributed by atoms with Crippen LogP contribution in [0.1, 0.15) is 32.1 Å². The zero-order valence-corrected chi connectivity index (χ0v) is 9.62. The predicted molar refractivity (Wildman–Crippen MR) is 56.9 cm³/mol. The van der Waals surface area contributed by atoms with Gasteiger partial charge >= 0.3 is 0 Å². The third kappa shape index (κ3) is 2.00. The Labute approximate surface area is 90.2 Å². The molecule has 0 aliphatic carbocycles. The zero-order valence-electron chi connectivity index (χ0n) is 9.62. The highest BCUT2D eigenvalue weighted by Gasteiger charge is 2.26. The molecule has 4 nitrogen and oxygen atoms in total. The van der Waals surface area contributed by atoms with E-state index in [1.54, 1.807) is 0 Å². The molecule has 1 aliphatic rings. The van der Waals surface area contributed by atoms with Crippen molar-refractivity contribution in [3.63, 3.8) is 0 Å². The fourth-order valence-electron chi connectivity index (χ4n) is 1.90. The minimum absolute atomic E-state index is 0.558. The average molecular weight is 210 g/mol. The summed E-state index contributed by atoms with van der Waals surface area (Å²) in [5, 5.41) is 3.96. The van der Waals surface area contributed by atoms with Gasteiger partial charge in [-0.05, 0) is 25.9 Å². The van der Waals surface area contributed by atoms with E-state index >= 15 is 0 Å². The third-order valence-corrected chi connectivity index (χ3v) is 2.83. The van der Waals surface area contributed by atoms with Crippen LogP contribution in [0.2, 0.25) is 0 Å². The Morgan fingerprint density at radius 2 is 2.33 bits per heavy atom. The highest BCUT2D eigenvalue weighted by Crippen LogP contribution is 2.28. The van der Waals surface area contributed by atoms with E-state index in [2.05, 4.69) is 23.9 Å². The van der Waals surface area contributed by atoms with Crippen LogP contribution in [0.15, 0.2) is 4.52 Å². The fourth-order valence-corrected chi connectivity index (χ4v) is 1.90. The van der Waals surface area contributed by atoms with E-state index in [-0.39, 0.29) is 0 Å². The average Bonchev–Trinajstić information content (AvgIpc) is 2.61. The Morgan fingerprint density at radius 3 is 3.00 bits per heavy atom. The smallest absolute Gasteiger partial charge is 0.258 e. The maximum atomic E-state index is 5.44. The first-order valence-electron chi connectivity index (χ1n) is 5.56. The molecular weight excluding hydrogens is 192 g/mol. The minimum atomic E-state index is 0.558. The third-order valence-electron chi connectivity index (χ3n) is 2.83. The van der Waals surface area contributed by atoms with Crippen LogP contribution in [0.5, 0.6) is 5.88 Å². The van der Waals surface area contributed by atoms with Crippen LogP contribution in [0.25, 0.3) is 0 Å². The van der Waals surface area contributed by atoms with E-state index in [4.69, 9.17) is 9.26 Å². The standard InChI is InChI=1S/C11H18N2O2/c1-4-14-11-9-7-13(8(2)3)6-5-10(9)15-12-11/h8H,4-7H2,1-3H3. The molecule has 2 rings (SSSR count). The highest BCUT2D eigenvalue weighted by molar-refractivity contribution is 5.30. The van der Waals surface area contributed by atoms with E-state index in [9.17, 15) is 0 Å². The molecule has 0 saturated heterocycles. The summed E-state index contributed by atoms with van der Waals surface area (Å²) in [6, 6.07) is 0.558. The molecule has 0 radical (unpaired) electrons. The monoisotopic (exact) mass is 210 g/mol. The fraction of sp³-hybridized carbons (Fsp3) is 0.727. The first kappa shape index (κ1) is 10.5. The van der Waals surface area contributed by atoms with Gasteiger partial charge in [-0.2, -0.15) is 0 Å². The number of hydrogen-bond donors (Lipinski definition) is 0. The Morgan fingerprint density at radius 1 is 1.53 bits per heavy atom. The maximum absolute atomic E-state index is 5.44. The predicted octanol–water partition coefficient (Wildman–Crippen LogP) is 1.84. The summed E-state index contributed by atoms with van der Waals surface area (Å²) in [6.45, 7) is 8.96. The van der Waals surface area contributed by atoms with Crippen LogP contribution in [-0.2, 0) is 13.0 Å². The van der Waals surface area contributed by atoms with E-state index in [0.29, 0.717) is 18.5 Å². The molecule has 0 spiro atoms. The molecule has 2 heterocycles. The van der Waals surface area contributed by atoms with Gasteiger partial charge < -0.3 is 9.26 Å². The van der Waals surface area contributed by atoms with Crippen molar-refractivity contribution in [2.45, 2.75) is 39.8 Å². The molecule has 0 saturated carbocycles. The Hall–Kier alpha value is -1.03. The lowest BCUT2D eigenvalue weighted by Crippen LogP contribution is -2.35. The van der Waals surface area contributed by atoms with Gasteiger partial charge in [0.1, 0.15) is 5.76 Å². The van der Waals surface area contributed by atoms with Crippen LogP contribution in [0.3, 0.4) is 0 Å². The van der Waals surface area contributed by atoms with Gasteiger partial charge in [0.05, 0.1) is 12.2 Å². The molecule has 84 valence electrons. The van der Waals surface area contributed by atoms with E-state index in [0.717, 1.165) is 30.8 Å². The van der Waals surface area contributed by atoms with Gasteiger partial charge in [0.15, 0.2) is 0 Å². The van der Waals surface area contributed by atoms with Gasteiger partial charge in [0, 0.05) is 25.6 Å². The van der Waals surface area contributed by atoms with Crippen molar-refractivity contribution in [2.24, 2.45) is 0 Å². The summed E-state index contributed by atoms with van der Waals surface area (Å²) in [5.41, 5.74) is 1.14. The molecule has 0 bridgehead atoms. The van der Waals surface area contributed by atoms with Gasteiger partial charge in [-0.1, -0.05) is 0 Å². The second kappa shape index (κ2) is 4.23. The van der Waals surface area contributed by atoms with Gasteiger partial charge in [-0.15, -0.1) is 0 Å². The zero-order chi connectivity index (χ0) is 10.8. The number of hydrogen-bond acceptors (Lipinski definition) is 4. The van der Waals surface area contributed by atoms with Crippen molar-refractivity contribution in [1.82, 2.24) is 10.1 Å². The van der Waals surface area contributed by atoms with Crippen LogP contribution >= 0.6 is 0 Å². The molecular formula is C11H18N2O2. The molecule has 0 amide bonds. The number of rotatable bonds is 3. The Bertz CT molecular complexity index is 333. The van der Waals surface area contributed by atoms with Crippen LogP contribution in [0.4, 0.5) is 0 Å². The Kier molecular flexibility index (Phi) is 2.95. The lowest BCUT2D eigenvalue weighted by molar-refractivity contribution is 0.191. The van der Waals surface area contributed by atoms with Gasteiger partial charge in [-0.25, -0.2) is 0 Å². The first-order valence-corrected chi connectivity index (χ1v) is 5.56. The first-order chi connectivity index (χ1) is 7.22. The topological polar surface area (TPSA) is 38.5 Å². The molecule has 0 unspecified atom stereocenters. The summed E-state index contributed by atoms with van der Waals surface area (Å²) < 4.78 is 10.7. The van der Waals surface area contributed by atoms with Gasteiger partial charge in [0.2, 0.25) is 0 Å². The number of nitrogens with zero attached hydrogens (tertiary/aromatic N) is 2. The van der Waals surface area contributed by atoms with Crippen molar-refractivity contribution >= 4 is 0 Å². The van der Waals surface area contributed by atoms with E-state index < -0.39 is 0 Å². The SMILES string of the molecule is CCOc1noc2c1CN(C(C)C)CC2. The minimum Gasteiger partial charge on any atom is -0.476 e. The Balaban J connectivity index is 2.18. The van der Waals surface area contributed by atoms with E-state index in [1.165, 1.54) is 0 Å². The summed E-state index contributed by atoms with van der Waals surface area (Å²) in [5.74, 6) is 1.67. The number of fused-ring (bicyclic) bond motifs is 1. The molecule has 0 atom stereocenters. The highest BCUT2D eigenvalue weighted by atomic mass is 16.5. The summed E-state index contributed by atoms with van der Waals surface area (Å²) in [4.78, 5) is 2.40. The maximum Gasteiger partial charge on any atom is 0.258 e. The van der Waals surface area contributed by atoms with Crippen LogP contribution in [-0.4, -0.2) is 29.3 Å². The molecule has 15 heavy (non-hydrogen) atoms. The van der Waals surface area contributed by atoms with Crippen molar-refractivity contribution in [3.8, 4) is 5.88 Å². The van der Waals surface area contributed by atoms with Crippen molar-refractivity contribution < 1.29 is 9.26 Å². The largest absolute Gasteiger partial charge is 0.476 e. The molecule has 1 aromatic heterocycles. The molecule has 0 N–H and O–H groups in total. The second-order valence-corrected chi connectivity index (χ2v) is 4.14. The molecule has 4 heteroatoms. The molecule has 1 aliphatic heterocycles. The second-order valence-electron chi connectivity index (χ2n) is 4.14. The molecule has 1 aromatic rings. The number of ether oxygens (including phenoxy) is 1. The molecule has 0 aromatic carbocycles. The van der Waals surface area contributed by atoms with Gasteiger partial charge in [0.25, 0.3) is 5.88 Å². The van der Waals surface area contributed by atoms with Gasteiger partial charge in [-0.3, -0.25) is 4.90 Å². The molecule has 0 fully saturated rings. The summed E-state index contributed by atoms with van der Waals surface area (Å²) in [7, 11) is 0. The summed E-state index contributed by atoms with van der Waals surface area (Å²) in [6.07, 6.45) is 0.938. The van der Waals surface area contributed by atoms with Crippen molar-refractivity contribution in [3.05, 3.63) is 11.3 Å². The van der Waals surface area contributed by atoms with Crippen LogP contribution < -0.4 is 4.74 Å². The summed E-state index contributed by atoms with van der Waals surface area (Å²) >= 11 is 0. The van der Waals surface area contributed by atoms with E-state index in [1.807, 2.05) is 6.92 Å². The quantitative estimate of drug-likeness (QED) is 0.763. The van der Waals surface area contributed by atoms with Crippen LogP contribution in [0, 0.1) is 0 Å². The normalized spacial score (nSPS) is 16.8. The van der Waals surface area contributed by atoms with Crippen molar-refractivity contribution in [1.29, 1.82) is 0 Å². The van der Waals surface area contributed by atoms with Crippen molar-refractivity contribution in [2.75, 3.05) is 13.2 Å². The lowest BCUT2D eigenvalue weighted by Gasteiger charge is -2.29.